The van der Waals surface area contributed by atoms with Gasteiger partial charge in [0.2, 0.25) is 10.0 Å². The molecule has 1 heterocycles. The summed E-state index contributed by atoms with van der Waals surface area (Å²) < 4.78 is 26.2. The number of aromatic hydroxyl groups is 1. The van der Waals surface area contributed by atoms with E-state index in [0.29, 0.717) is 10.6 Å². The van der Waals surface area contributed by atoms with Crippen LogP contribution >= 0.6 is 23.2 Å². The standard InChI is InChI=1S/C12H10Cl2N2O3S/c13-9-5-11(17)12(15-6-9)16-20(18,19)7-8-3-1-2-4-10(8)14/h1-6,17H,7H2,(H,15,16). The second kappa shape index (κ2) is 5.87. The molecule has 0 aliphatic heterocycles. The Morgan fingerprint density at radius 3 is 2.60 bits per heavy atom. The Labute approximate surface area is 126 Å². The summed E-state index contributed by atoms with van der Waals surface area (Å²) >= 11 is 11.5. The molecule has 0 unspecified atom stereocenters. The zero-order valence-electron chi connectivity index (χ0n) is 10.0. The van der Waals surface area contributed by atoms with Gasteiger partial charge in [0.25, 0.3) is 0 Å². The normalized spacial score (nSPS) is 11.3. The van der Waals surface area contributed by atoms with Crippen molar-refractivity contribution in [2.24, 2.45) is 0 Å². The number of nitrogens with zero attached hydrogens (tertiary/aromatic N) is 1. The Hall–Kier alpha value is -1.50. The summed E-state index contributed by atoms with van der Waals surface area (Å²) in [5, 5.41) is 10.1. The van der Waals surface area contributed by atoms with Crippen molar-refractivity contribution in [3.63, 3.8) is 0 Å². The fraction of sp³-hybridized carbons (Fsp3) is 0.0833. The van der Waals surface area contributed by atoms with Crippen molar-refractivity contribution >= 4 is 39.0 Å². The first kappa shape index (κ1) is 14.9. The number of benzene rings is 1. The van der Waals surface area contributed by atoms with Gasteiger partial charge in [-0.25, -0.2) is 13.4 Å². The first-order valence-electron chi connectivity index (χ1n) is 5.46. The predicted molar refractivity (Wildman–Crippen MR) is 78.6 cm³/mol. The first-order chi connectivity index (χ1) is 9.37. The molecule has 0 atom stereocenters. The van der Waals surface area contributed by atoms with Gasteiger partial charge in [-0.05, 0) is 11.6 Å². The van der Waals surface area contributed by atoms with Crippen LogP contribution in [0.4, 0.5) is 5.82 Å². The minimum atomic E-state index is -3.75. The van der Waals surface area contributed by atoms with Crippen molar-refractivity contribution in [1.29, 1.82) is 0 Å². The maximum atomic E-state index is 12.0. The van der Waals surface area contributed by atoms with Gasteiger partial charge in [-0.15, -0.1) is 0 Å². The number of nitrogens with one attached hydrogen (secondary N) is 1. The van der Waals surface area contributed by atoms with Gasteiger partial charge in [-0.1, -0.05) is 41.4 Å². The Morgan fingerprint density at radius 2 is 1.95 bits per heavy atom. The van der Waals surface area contributed by atoms with Crippen LogP contribution < -0.4 is 4.72 Å². The lowest BCUT2D eigenvalue weighted by molar-refractivity contribution is 0.475. The van der Waals surface area contributed by atoms with Crippen molar-refractivity contribution in [2.75, 3.05) is 4.72 Å². The average molecular weight is 333 g/mol. The van der Waals surface area contributed by atoms with Gasteiger partial charge < -0.3 is 5.11 Å². The van der Waals surface area contributed by atoms with E-state index >= 15 is 0 Å². The summed E-state index contributed by atoms with van der Waals surface area (Å²) in [6.07, 6.45) is 1.23. The minimum absolute atomic E-state index is 0.179. The molecule has 0 spiro atoms. The van der Waals surface area contributed by atoms with E-state index < -0.39 is 10.0 Å². The molecule has 2 N–H and O–H groups in total. The second-order valence-electron chi connectivity index (χ2n) is 3.97. The third-order valence-corrected chi connectivity index (χ3v) is 4.16. The van der Waals surface area contributed by atoms with Crippen molar-refractivity contribution in [3.8, 4) is 5.75 Å². The summed E-state index contributed by atoms with van der Waals surface area (Å²) in [6.45, 7) is 0. The van der Waals surface area contributed by atoms with Crippen LogP contribution in [0.25, 0.3) is 0 Å². The van der Waals surface area contributed by atoms with Crippen LogP contribution in [0.15, 0.2) is 36.5 Å². The predicted octanol–water partition coefficient (Wildman–Crippen LogP) is 3.04. The molecule has 0 fully saturated rings. The minimum Gasteiger partial charge on any atom is -0.504 e. The second-order valence-corrected chi connectivity index (χ2v) is 6.54. The fourth-order valence-corrected chi connectivity index (χ4v) is 3.13. The number of hydrogen-bond donors (Lipinski definition) is 2. The number of aromatic nitrogens is 1. The molecular weight excluding hydrogens is 323 g/mol. The summed E-state index contributed by atoms with van der Waals surface area (Å²) in [5.74, 6) is -0.849. The van der Waals surface area contributed by atoms with Gasteiger partial charge in [-0.3, -0.25) is 4.72 Å². The van der Waals surface area contributed by atoms with E-state index in [0.717, 1.165) is 0 Å². The zero-order chi connectivity index (χ0) is 14.8. The van der Waals surface area contributed by atoms with Crippen molar-refractivity contribution < 1.29 is 13.5 Å². The molecule has 0 bridgehead atoms. The largest absolute Gasteiger partial charge is 0.504 e. The maximum Gasteiger partial charge on any atom is 0.238 e. The summed E-state index contributed by atoms with van der Waals surface area (Å²) in [5.41, 5.74) is 0.454. The first-order valence-corrected chi connectivity index (χ1v) is 7.86. The molecule has 0 amide bonds. The van der Waals surface area contributed by atoms with Crippen LogP contribution in [0.2, 0.25) is 10.0 Å². The van der Waals surface area contributed by atoms with Crippen LogP contribution in [-0.4, -0.2) is 18.5 Å². The molecule has 0 saturated heterocycles. The molecule has 0 saturated carbocycles. The number of anilines is 1. The molecule has 106 valence electrons. The van der Waals surface area contributed by atoms with E-state index in [-0.39, 0.29) is 22.3 Å². The third kappa shape index (κ3) is 3.75. The van der Waals surface area contributed by atoms with Gasteiger partial charge >= 0.3 is 0 Å². The van der Waals surface area contributed by atoms with Gasteiger partial charge in [0.15, 0.2) is 11.6 Å². The van der Waals surface area contributed by atoms with Crippen LogP contribution in [0, 0.1) is 0 Å². The Kier molecular flexibility index (Phi) is 4.37. The van der Waals surface area contributed by atoms with Crippen molar-refractivity contribution in [1.82, 2.24) is 4.98 Å². The van der Waals surface area contributed by atoms with E-state index in [1.807, 2.05) is 0 Å². The number of halogens is 2. The molecule has 2 rings (SSSR count). The Morgan fingerprint density at radius 1 is 1.25 bits per heavy atom. The molecule has 1 aromatic carbocycles. The highest BCUT2D eigenvalue weighted by atomic mass is 35.5. The highest BCUT2D eigenvalue weighted by Crippen LogP contribution is 2.25. The van der Waals surface area contributed by atoms with Crippen LogP contribution in [0.3, 0.4) is 0 Å². The molecule has 0 radical (unpaired) electrons. The van der Waals surface area contributed by atoms with Crippen molar-refractivity contribution in [2.45, 2.75) is 5.75 Å². The van der Waals surface area contributed by atoms with E-state index in [1.165, 1.54) is 12.3 Å². The highest BCUT2D eigenvalue weighted by Gasteiger charge is 2.16. The lowest BCUT2D eigenvalue weighted by Crippen LogP contribution is -2.16. The van der Waals surface area contributed by atoms with E-state index in [9.17, 15) is 13.5 Å². The highest BCUT2D eigenvalue weighted by molar-refractivity contribution is 7.91. The molecule has 0 aliphatic rings. The number of pyridine rings is 1. The maximum absolute atomic E-state index is 12.0. The van der Waals surface area contributed by atoms with Crippen LogP contribution in [0.5, 0.6) is 5.75 Å². The topological polar surface area (TPSA) is 79.3 Å². The summed E-state index contributed by atoms with van der Waals surface area (Å²) in [4.78, 5) is 3.72. The Balaban J connectivity index is 2.22. The van der Waals surface area contributed by atoms with Gasteiger partial charge in [0, 0.05) is 17.3 Å². The monoisotopic (exact) mass is 332 g/mol. The van der Waals surface area contributed by atoms with E-state index in [2.05, 4.69) is 9.71 Å². The van der Waals surface area contributed by atoms with Gasteiger partial charge in [0.05, 0.1) is 10.8 Å². The van der Waals surface area contributed by atoms with Crippen LogP contribution in [-0.2, 0) is 15.8 Å². The van der Waals surface area contributed by atoms with Gasteiger partial charge in [0.1, 0.15) is 0 Å². The summed E-state index contributed by atoms with van der Waals surface area (Å²) in [7, 11) is -3.75. The van der Waals surface area contributed by atoms with Crippen LogP contribution in [0.1, 0.15) is 5.56 Å². The zero-order valence-corrected chi connectivity index (χ0v) is 12.4. The SMILES string of the molecule is O=S(=O)(Cc1ccccc1Cl)Nc1ncc(Cl)cc1O. The van der Waals surface area contributed by atoms with E-state index in [4.69, 9.17) is 23.2 Å². The Bertz CT molecular complexity index is 735. The number of hydrogen-bond acceptors (Lipinski definition) is 4. The molecule has 2 aromatic rings. The quantitative estimate of drug-likeness (QED) is 0.901. The lowest BCUT2D eigenvalue weighted by Gasteiger charge is -2.09. The average Bonchev–Trinajstić information content (AvgIpc) is 2.35. The molecule has 20 heavy (non-hydrogen) atoms. The fourth-order valence-electron chi connectivity index (χ4n) is 1.51. The number of sulfonamides is 1. The van der Waals surface area contributed by atoms with Crippen molar-refractivity contribution in [3.05, 3.63) is 52.1 Å². The number of rotatable bonds is 4. The molecule has 5 nitrogen and oxygen atoms in total. The van der Waals surface area contributed by atoms with E-state index in [1.54, 1.807) is 24.3 Å². The molecular formula is C12H10Cl2N2O3S. The molecule has 8 heteroatoms. The smallest absolute Gasteiger partial charge is 0.238 e. The lowest BCUT2D eigenvalue weighted by atomic mass is 10.2. The van der Waals surface area contributed by atoms with Gasteiger partial charge in [-0.2, -0.15) is 0 Å². The summed E-state index contributed by atoms with van der Waals surface area (Å²) in [6, 6.07) is 7.80. The molecule has 1 aromatic heterocycles. The molecule has 0 aliphatic carbocycles. The third-order valence-electron chi connectivity index (χ3n) is 2.39.